The summed E-state index contributed by atoms with van der Waals surface area (Å²) in [7, 11) is -4.39. The van der Waals surface area contributed by atoms with E-state index < -0.39 is 52.1 Å². The third kappa shape index (κ3) is 7.53. The van der Waals surface area contributed by atoms with Gasteiger partial charge in [0.25, 0.3) is 5.56 Å². The molecule has 0 radical (unpaired) electrons. The number of aromatic nitrogens is 2. The Morgan fingerprint density at radius 1 is 1.02 bits per heavy atom. The maximum absolute atomic E-state index is 13.6. The third-order valence-corrected chi connectivity index (χ3v) is 19.7. The quantitative estimate of drug-likeness (QED) is 0.245. The molecule has 1 aromatic heterocycles. The van der Waals surface area contributed by atoms with Crippen molar-refractivity contribution in [3.05, 3.63) is 55.1 Å². The lowest BCUT2D eigenvalue weighted by Gasteiger charge is -2.40. The average molecular weight is 690 g/mol. The fraction of sp³-hybridized carbons (Fsp3) is 0.706. The number of nitrogens with one attached hydrogen (secondary N) is 2. The predicted molar refractivity (Wildman–Crippen MR) is 186 cm³/mol. The third-order valence-electron chi connectivity index (χ3n) is 10.7. The highest BCUT2D eigenvalue weighted by Gasteiger charge is 2.47. The Morgan fingerprint density at radius 3 is 2.26 bits per heavy atom. The van der Waals surface area contributed by atoms with E-state index in [2.05, 4.69) is 78.0 Å². The second kappa shape index (κ2) is 13.4. The molecule has 4 atom stereocenters. The minimum Gasteiger partial charge on any atom is -0.463 e. The van der Waals surface area contributed by atoms with Crippen molar-refractivity contribution in [2.24, 2.45) is 0 Å². The number of Topliss-reactive ketones (excluding diaryl/α,β-unsaturated/α-hetero) is 1. The summed E-state index contributed by atoms with van der Waals surface area (Å²) < 4.78 is 26.9. The Morgan fingerprint density at radius 2 is 1.66 bits per heavy atom. The van der Waals surface area contributed by atoms with Gasteiger partial charge in [-0.15, -0.1) is 0 Å². The zero-order chi connectivity index (χ0) is 35.3. The van der Waals surface area contributed by atoms with Crippen LogP contribution in [0.1, 0.15) is 98.8 Å². The number of nitrogens with zero attached hydrogens (tertiary/aromatic N) is 1. The molecule has 1 saturated heterocycles. The number of esters is 1. The molecule has 2 N–H and O–H groups in total. The first-order valence-electron chi connectivity index (χ1n) is 16.8. The van der Waals surface area contributed by atoms with Crippen molar-refractivity contribution in [2.75, 3.05) is 13.2 Å². The SMILES string of the molecule is CCOC(=O)C1=C(C)NC2=C(C(=O)CCC2)C1c1cn([C@H]2C[C@H](O[Si](C)(C)C(C)(C)C)[C@@H](CO[Si](C)(C)C(C)(C)C)O2)c(=O)[nH]c1=O. The zero-order valence-corrected chi connectivity index (χ0v) is 32.3. The molecule has 47 heavy (non-hydrogen) atoms. The summed E-state index contributed by atoms with van der Waals surface area (Å²) in [4.78, 5) is 56.2. The normalized spacial score (nSPS) is 24.4. The number of ketones is 1. The highest BCUT2D eigenvalue weighted by atomic mass is 28.4. The van der Waals surface area contributed by atoms with Gasteiger partial charge in [-0.2, -0.15) is 0 Å². The summed E-state index contributed by atoms with van der Waals surface area (Å²) in [5, 5.41) is 3.17. The molecule has 0 aromatic carbocycles. The van der Waals surface area contributed by atoms with E-state index in [9.17, 15) is 19.2 Å². The molecule has 1 unspecified atom stereocenters. The summed E-state index contributed by atoms with van der Waals surface area (Å²) in [5.41, 5.74) is 0.567. The smallest absolute Gasteiger partial charge is 0.336 e. The largest absolute Gasteiger partial charge is 0.463 e. The van der Waals surface area contributed by atoms with Gasteiger partial charge in [0.2, 0.25) is 0 Å². The highest BCUT2D eigenvalue weighted by molar-refractivity contribution is 6.74. The Hall–Kier alpha value is -2.59. The van der Waals surface area contributed by atoms with Crippen LogP contribution in [0, 0.1) is 0 Å². The van der Waals surface area contributed by atoms with E-state index >= 15 is 0 Å². The van der Waals surface area contributed by atoms with Gasteiger partial charge < -0.3 is 23.6 Å². The molecule has 11 nitrogen and oxygen atoms in total. The number of ether oxygens (including phenoxy) is 2. The van der Waals surface area contributed by atoms with Crippen molar-refractivity contribution in [3.8, 4) is 0 Å². The predicted octanol–water partition coefficient (Wildman–Crippen LogP) is 5.77. The molecule has 3 aliphatic rings. The van der Waals surface area contributed by atoms with Gasteiger partial charge in [0, 0.05) is 41.6 Å². The van der Waals surface area contributed by atoms with E-state index in [1.807, 2.05) is 0 Å². The molecule has 4 rings (SSSR count). The number of hydrogen-bond donors (Lipinski definition) is 2. The Balaban J connectivity index is 1.79. The second-order valence-corrected chi connectivity index (χ2v) is 25.7. The maximum Gasteiger partial charge on any atom is 0.336 e. The highest BCUT2D eigenvalue weighted by Crippen LogP contribution is 2.44. The fourth-order valence-corrected chi connectivity index (χ4v) is 8.27. The Bertz CT molecular complexity index is 1570. The van der Waals surface area contributed by atoms with Crippen LogP contribution in [0.25, 0.3) is 0 Å². The molecule has 3 heterocycles. The monoisotopic (exact) mass is 689 g/mol. The van der Waals surface area contributed by atoms with Gasteiger partial charge in [-0.25, -0.2) is 9.59 Å². The van der Waals surface area contributed by atoms with Crippen LogP contribution >= 0.6 is 0 Å². The zero-order valence-electron chi connectivity index (χ0n) is 30.3. The number of carbonyl (C=O) groups is 2. The molecule has 0 amide bonds. The van der Waals surface area contributed by atoms with Crippen LogP contribution in [0.2, 0.25) is 36.3 Å². The number of dihydropyridines is 1. The number of rotatable bonds is 9. The summed E-state index contributed by atoms with van der Waals surface area (Å²) in [6, 6.07) is 0. The minimum absolute atomic E-state index is 0.00717. The number of aromatic amines is 1. The standard InChI is InChI=1S/C34H55N3O8Si2/c1-13-42-31(40)27-20(2)35-22-15-14-16-23(38)29(22)28(27)21-18-37(32(41)36-30(21)39)26-17-24(45-47(11,12)34(6,7)8)25(44-26)19-43-46(9,10)33(3,4)5/h18,24-26,28,35H,13-17,19H2,1-12H3,(H,36,39,41)/t24-,25+,26+,28?/m0/s1. The van der Waals surface area contributed by atoms with Gasteiger partial charge in [0.1, 0.15) is 12.3 Å². The Kier molecular flexibility index (Phi) is 10.6. The van der Waals surface area contributed by atoms with Gasteiger partial charge in [0.15, 0.2) is 22.4 Å². The van der Waals surface area contributed by atoms with E-state index in [1.165, 1.54) is 10.8 Å². The summed E-state index contributed by atoms with van der Waals surface area (Å²) in [6.07, 6.45) is 1.83. The number of allylic oxidation sites excluding steroid dienone is 3. The lowest BCUT2D eigenvalue weighted by molar-refractivity contribution is -0.138. The van der Waals surface area contributed by atoms with E-state index in [-0.39, 0.29) is 39.7 Å². The van der Waals surface area contributed by atoms with Crippen LogP contribution in [0.5, 0.6) is 0 Å². The number of hydrogen-bond acceptors (Lipinski definition) is 9. The summed E-state index contributed by atoms with van der Waals surface area (Å²) >= 11 is 0. The van der Waals surface area contributed by atoms with Crippen LogP contribution in [-0.4, -0.2) is 63.4 Å². The second-order valence-electron chi connectivity index (χ2n) is 16.1. The molecular formula is C34H55N3O8Si2. The van der Waals surface area contributed by atoms with Crippen molar-refractivity contribution in [3.63, 3.8) is 0 Å². The van der Waals surface area contributed by atoms with Crippen molar-refractivity contribution in [2.45, 2.75) is 142 Å². The van der Waals surface area contributed by atoms with Gasteiger partial charge >= 0.3 is 11.7 Å². The Labute approximate surface area is 280 Å². The molecule has 1 aromatic rings. The molecule has 13 heteroatoms. The van der Waals surface area contributed by atoms with E-state index in [0.29, 0.717) is 49.3 Å². The molecule has 0 bridgehead atoms. The molecule has 0 spiro atoms. The topological polar surface area (TPSA) is 138 Å². The van der Waals surface area contributed by atoms with Crippen LogP contribution in [-0.2, 0) is 27.9 Å². The number of carbonyl (C=O) groups excluding carboxylic acids is 2. The first-order chi connectivity index (χ1) is 21.6. The lowest BCUT2D eigenvalue weighted by Crippen LogP contribution is -2.48. The molecule has 2 aliphatic heterocycles. The average Bonchev–Trinajstić information content (AvgIpc) is 3.31. The van der Waals surface area contributed by atoms with Crippen molar-refractivity contribution >= 4 is 28.4 Å². The maximum atomic E-state index is 13.6. The van der Waals surface area contributed by atoms with Crippen molar-refractivity contribution in [1.29, 1.82) is 0 Å². The van der Waals surface area contributed by atoms with Gasteiger partial charge in [-0.3, -0.25) is 19.1 Å². The lowest BCUT2D eigenvalue weighted by atomic mass is 9.76. The van der Waals surface area contributed by atoms with Gasteiger partial charge in [-0.05, 0) is 63.0 Å². The molecule has 0 saturated carbocycles. The van der Waals surface area contributed by atoms with Crippen LogP contribution in [0.3, 0.4) is 0 Å². The van der Waals surface area contributed by atoms with E-state index in [1.54, 1.807) is 13.8 Å². The van der Waals surface area contributed by atoms with E-state index in [4.69, 9.17) is 18.3 Å². The van der Waals surface area contributed by atoms with Crippen LogP contribution < -0.4 is 16.6 Å². The fourth-order valence-electron chi connectivity index (χ4n) is 5.90. The summed E-state index contributed by atoms with van der Waals surface area (Å²) in [5.74, 6) is -1.75. The minimum atomic E-state index is -2.26. The molecular weight excluding hydrogens is 635 g/mol. The molecule has 1 aliphatic carbocycles. The number of H-pyrrole nitrogens is 1. The van der Waals surface area contributed by atoms with Gasteiger partial charge in [-0.1, -0.05) is 41.5 Å². The van der Waals surface area contributed by atoms with Gasteiger partial charge in [0.05, 0.1) is 30.8 Å². The van der Waals surface area contributed by atoms with Crippen LogP contribution in [0.4, 0.5) is 0 Å². The van der Waals surface area contributed by atoms with Crippen molar-refractivity contribution < 1.29 is 27.9 Å². The van der Waals surface area contributed by atoms with Crippen LogP contribution in [0.15, 0.2) is 38.3 Å². The first-order valence-corrected chi connectivity index (χ1v) is 22.6. The summed E-state index contributed by atoms with van der Waals surface area (Å²) in [6.45, 7) is 25.7. The van der Waals surface area contributed by atoms with E-state index in [0.717, 1.165) is 0 Å². The molecule has 1 fully saturated rings. The first kappa shape index (κ1) is 37.2. The molecule has 262 valence electrons. The van der Waals surface area contributed by atoms with Crippen molar-refractivity contribution in [1.82, 2.24) is 14.9 Å².